The monoisotopic (exact) mass is 395 g/mol. The predicted octanol–water partition coefficient (Wildman–Crippen LogP) is 3.71. The van der Waals surface area contributed by atoms with Crippen LogP contribution in [0.1, 0.15) is 31.3 Å². The molecule has 3 aromatic rings. The number of benzene rings is 2. The number of ether oxygens (including phenoxy) is 2. The second-order valence-corrected chi connectivity index (χ2v) is 7.03. The molecule has 0 saturated heterocycles. The van der Waals surface area contributed by atoms with E-state index in [4.69, 9.17) is 9.47 Å². The largest absolute Gasteiger partial charge is 0.493 e. The van der Waals surface area contributed by atoms with Gasteiger partial charge >= 0.3 is 0 Å². The maximum Gasteiger partial charge on any atom is 0.276 e. The van der Waals surface area contributed by atoms with E-state index < -0.39 is 5.91 Å². The minimum absolute atomic E-state index is 0.200. The van der Waals surface area contributed by atoms with Crippen molar-refractivity contribution in [2.45, 2.75) is 27.3 Å². The maximum absolute atomic E-state index is 13.0. The summed E-state index contributed by atoms with van der Waals surface area (Å²) >= 11 is 0. The minimum Gasteiger partial charge on any atom is -0.493 e. The van der Waals surface area contributed by atoms with Crippen LogP contribution in [0.5, 0.6) is 11.5 Å². The van der Waals surface area contributed by atoms with Crippen LogP contribution in [0, 0.1) is 5.92 Å². The Balaban J connectivity index is 2.01. The van der Waals surface area contributed by atoms with Crippen LogP contribution in [0.2, 0.25) is 0 Å². The van der Waals surface area contributed by atoms with Gasteiger partial charge in [-0.2, -0.15) is 5.10 Å². The van der Waals surface area contributed by atoms with E-state index in [1.807, 2.05) is 20.8 Å². The number of methoxy groups -OCH3 is 1. The number of anilines is 1. The van der Waals surface area contributed by atoms with Crippen molar-refractivity contribution in [2.75, 3.05) is 19.0 Å². The summed E-state index contributed by atoms with van der Waals surface area (Å²) in [6.07, 6.45) is 0. The van der Waals surface area contributed by atoms with Gasteiger partial charge in [-0.15, -0.1) is 0 Å². The number of hydrogen-bond donors (Lipinski definition) is 1. The smallest absolute Gasteiger partial charge is 0.276 e. The van der Waals surface area contributed by atoms with E-state index in [0.717, 1.165) is 0 Å². The maximum atomic E-state index is 13.0. The molecule has 0 atom stereocenters. The van der Waals surface area contributed by atoms with Gasteiger partial charge in [-0.3, -0.25) is 9.59 Å². The molecule has 3 rings (SSSR count). The molecule has 0 saturated carbocycles. The van der Waals surface area contributed by atoms with Crippen molar-refractivity contribution >= 4 is 22.4 Å². The van der Waals surface area contributed by atoms with E-state index in [9.17, 15) is 9.59 Å². The average Bonchev–Trinajstić information content (AvgIpc) is 2.71. The predicted molar refractivity (Wildman–Crippen MR) is 113 cm³/mol. The number of aromatic nitrogens is 2. The molecule has 0 fully saturated rings. The van der Waals surface area contributed by atoms with Gasteiger partial charge in [-0.1, -0.05) is 32.0 Å². The zero-order valence-corrected chi connectivity index (χ0v) is 17.1. The van der Waals surface area contributed by atoms with E-state index in [1.165, 1.54) is 4.68 Å². The highest BCUT2D eigenvalue weighted by Crippen LogP contribution is 2.30. The van der Waals surface area contributed by atoms with Crippen molar-refractivity contribution in [1.29, 1.82) is 0 Å². The molecule has 1 amide bonds. The van der Waals surface area contributed by atoms with E-state index in [0.29, 0.717) is 41.1 Å². The minimum atomic E-state index is -0.398. The van der Waals surface area contributed by atoms with Gasteiger partial charge < -0.3 is 14.8 Å². The van der Waals surface area contributed by atoms with E-state index in [2.05, 4.69) is 10.4 Å². The zero-order chi connectivity index (χ0) is 21.0. The second-order valence-electron chi connectivity index (χ2n) is 7.03. The van der Waals surface area contributed by atoms with Crippen molar-refractivity contribution in [3.63, 3.8) is 0 Å². The van der Waals surface area contributed by atoms with E-state index in [1.54, 1.807) is 49.6 Å². The van der Waals surface area contributed by atoms with Crippen LogP contribution in [-0.2, 0) is 6.54 Å². The molecular formula is C22H25N3O4. The molecule has 1 heterocycles. The number of hydrogen-bond acceptors (Lipinski definition) is 5. The van der Waals surface area contributed by atoms with Crippen molar-refractivity contribution < 1.29 is 14.3 Å². The van der Waals surface area contributed by atoms with Gasteiger partial charge in [0, 0.05) is 23.7 Å². The number of nitrogens with zero attached hydrogens (tertiary/aromatic N) is 2. The fraction of sp³-hybridized carbons (Fsp3) is 0.318. The molecule has 0 aliphatic heterocycles. The van der Waals surface area contributed by atoms with Gasteiger partial charge in [0.05, 0.1) is 19.1 Å². The van der Waals surface area contributed by atoms with Crippen LogP contribution in [0.25, 0.3) is 10.8 Å². The molecule has 1 N–H and O–H groups in total. The summed E-state index contributed by atoms with van der Waals surface area (Å²) in [4.78, 5) is 25.7. The summed E-state index contributed by atoms with van der Waals surface area (Å²) < 4.78 is 12.2. The molecule has 152 valence electrons. The zero-order valence-electron chi connectivity index (χ0n) is 17.1. The Morgan fingerprint density at radius 3 is 2.52 bits per heavy atom. The van der Waals surface area contributed by atoms with E-state index >= 15 is 0 Å². The number of carbonyl (C=O) groups excluding carboxylic acids is 1. The quantitative estimate of drug-likeness (QED) is 0.659. The second kappa shape index (κ2) is 8.77. The number of nitrogens with one attached hydrogen (secondary N) is 1. The fourth-order valence-electron chi connectivity index (χ4n) is 3.08. The Morgan fingerprint density at radius 1 is 1.14 bits per heavy atom. The molecule has 0 spiro atoms. The summed E-state index contributed by atoms with van der Waals surface area (Å²) in [6.45, 7) is 6.82. The lowest BCUT2D eigenvalue weighted by Gasteiger charge is -2.14. The SMILES string of the molecule is CCOc1ccc(NC(=O)c2nn(CC(C)C)c(=O)c3ccccc23)cc1OC. The van der Waals surface area contributed by atoms with Crippen LogP contribution >= 0.6 is 0 Å². The molecule has 29 heavy (non-hydrogen) atoms. The van der Waals surface area contributed by atoms with Crippen LogP contribution in [0.3, 0.4) is 0 Å². The highest BCUT2D eigenvalue weighted by Gasteiger charge is 2.18. The Morgan fingerprint density at radius 2 is 1.86 bits per heavy atom. The lowest BCUT2D eigenvalue weighted by Crippen LogP contribution is -2.29. The fourth-order valence-corrected chi connectivity index (χ4v) is 3.08. The highest BCUT2D eigenvalue weighted by molar-refractivity contribution is 6.11. The summed E-state index contributed by atoms with van der Waals surface area (Å²) in [5.74, 6) is 0.937. The third-order valence-corrected chi connectivity index (χ3v) is 4.34. The number of fused-ring (bicyclic) bond motifs is 1. The highest BCUT2D eigenvalue weighted by atomic mass is 16.5. The summed E-state index contributed by atoms with van der Waals surface area (Å²) in [5.41, 5.74) is 0.546. The lowest BCUT2D eigenvalue weighted by atomic mass is 10.1. The number of amides is 1. The Labute approximate surface area is 169 Å². The lowest BCUT2D eigenvalue weighted by molar-refractivity contribution is 0.102. The summed E-state index contributed by atoms with van der Waals surface area (Å²) in [6, 6.07) is 12.2. The molecule has 0 aliphatic carbocycles. The molecule has 0 radical (unpaired) electrons. The first-order chi connectivity index (χ1) is 13.9. The normalized spacial score (nSPS) is 10.9. The molecular weight excluding hydrogens is 370 g/mol. The van der Waals surface area contributed by atoms with E-state index in [-0.39, 0.29) is 17.2 Å². The standard InChI is InChI=1S/C22H25N3O4/c1-5-29-18-11-10-15(12-19(18)28-4)23-21(26)20-16-8-6-7-9-17(16)22(27)25(24-20)13-14(2)3/h6-12,14H,5,13H2,1-4H3,(H,23,26). The van der Waals surface area contributed by atoms with Gasteiger partial charge in [-0.25, -0.2) is 4.68 Å². The third-order valence-electron chi connectivity index (χ3n) is 4.34. The van der Waals surface area contributed by atoms with Gasteiger partial charge in [0.1, 0.15) is 0 Å². The summed E-state index contributed by atoms with van der Waals surface area (Å²) in [5, 5.41) is 8.20. The number of carbonyl (C=O) groups is 1. The Kier molecular flexibility index (Phi) is 6.16. The summed E-state index contributed by atoms with van der Waals surface area (Å²) in [7, 11) is 1.54. The third kappa shape index (κ3) is 4.39. The van der Waals surface area contributed by atoms with Gasteiger partial charge in [0.25, 0.3) is 11.5 Å². The first kappa shape index (κ1) is 20.4. The molecule has 0 aliphatic rings. The van der Waals surface area contributed by atoms with Crippen molar-refractivity contribution in [3.8, 4) is 11.5 Å². The first-order valence-corrected chi connectivity index (χ1v) is 9.56. The number of rotatable bonds is 7. The molecule has 0 bridgehead atoms. The molecule has 7 nitrogen and oxygen atoms in total. The van der Waals surface area contributed by atoms with Gasteiger partial charge in [0.2, 0.25) is 0 Å². The Hall–Kier alpha value is -3.35. The van der Waals surface area contributed by atoms with Gasteiger partial charge in [-0.05, 0) is 31.0 Å². The molecule has 1 aromatic heterocycles. The van der Waals surface area contributed by atoms with Crippen molar-refractivity contribution in [1.82, 2.24) is 9.78 Å². The molecule has 7 heteroatoms. The van der Waals surface area contributed by atoms with Crippen LogP contribution in [-0.4, -0.2) is 29.4 Å². The topological polar surface area (TPSA) is 82.5 Å². The van der Waals surface area contributed by atoms with Crippen LogP contribution in [0.4, 0.5) is 5.69 Å². The van der Waals surface area contributed by atoms with Crippen molar-refractivity contribution in [3.05, 3.63) is 58.5 Å². The van der Waals surface area contributed by atoms with Crippen LogP contribution in [0.15, 0.2) is 47.3 Å². The van der Waals surface area contributed by atoms with Crippen LogP contribution < -0.4 is 20.3 Å². The Bertz CT molecular complexity index is 1090. The molecule has 0 unspecified atom stereocenters. The first-order valence-electron chi connectivity index (χ1n) is 9.56. The molecule has 2 aromatic carbocycles. The van der Waals surface area contributed by atoms with Gasteiger partial charge in [0.15, 0.2) is 17.2 Å². The van der Waals surface area contributed by atoms with Crippen molar-refractivity contribution in [2.24, 2.45) is 5.92 Å². The average molecular weight is 395 g/mol.